The number of phenolic OH excluding ortho intramolecular Hbond substituents is 1. The molecule has 0 fully saturated rings. The number of hydrogen-bond acceptors (Lipinski definition) is 10. The highest BCUT2D eigenvalue weighted by Crippen LogP contribution is 2.36. The Morgan fingerprint density at radius 1 is 0.746 bits per heavy atom. The number of hydrogen-bond donors (Lipinski definition) is 5. The maximum Gasteiger partial charge on any atom is 0.335 e. The molecule has 0 saturated heterocycles. The number of primary amides is 1. The molecule has 14 nitrogen and oxygen atoms in total. The summed E-state index contributed by atoms with van der Waals surface area (Å²) in [5.41, 5.74) is 9.33. The number of carboxylic acid groups (broad SMARTS) is 1. The van der Waals surface area contributed by atoms with Gasteiger partial charge in [-0.2, -0.15) is 5.26 Å². The van der Waals surface area contributed by atoms with Crippen LogP contribution in [0.3, 0.4) is 0 Å². The highest BCUT2D eigenvalue weighted by Gasteiger charge is 2.25. The van der Waals surface area contributed by atoms with Crippen molar-refractivity contribution in [2.75, 3.05) is 5.32 Å². The van der Waals surface area contributed by atoms with Gasteiger partial charge < -0.3 is 31.3 Å². The van der Waals surface area contributed by atoms with Gasteiger partial charge in [0.15, 0.2) is 28.8 Å². The van der Waals surface area contributed by atoms with E-state index in [1.807, 2.05) is 6.07 Å². The number of amides is 3. The Morgan fingerprint density at radius 2 is 1.33 bits per heavy atom. The van der Waals surface area contributed by atoms with Gasteiger partial charge >= 0.3 is 5.97 Å². The molecule has 0 saturated carbocycles. The van der Waals surface area contributed by atoms with Crippen molar-refractivity contribution in [3.05, 3.63) is 165 Å². The number of phenols is 1. The number of ketones is 3. The molecule has 5 aromatic rings. The van der Waals surface area contributed by atoms with E-state index >= 15 is 0 Å². The Morgan fingerprint density at radius 3 is 1.90 bits per heavy atom. The van der Waals surface area contributed by atoms with Gasteiger partial charge in [-0.1, -0.05) is 54.6 Å². The number of aromatic carboxylic acids is 1. The third kappa shape index (κ3) is 12.7. The second-order valence-corrected chi connectivity index (χ2v) is 14.9. The molecule has 0 aromatic heterocycles. The summed E-state index contributed by atoms with van der Waals surface area (Å²) in [6.07, 6.45) is 0.273. The van der Waals surface area contributed by atoms with E-state index in [9.17, 15) is 38.7 Å². The number of nitriles is 1. The molecule has 0 aliphatic carbocycles. The quantitative estimate of drug-likeness (QED) is 0.0448. The molecule has 6 N–H and O–H groups in total. The lowest BCUT2D eigenvalue weighted by atomic mass is 9.95. The number of aromatic hydroxyl groups is 1. The van der Waals surface area contributed by atoms with Gasteiger partial charge in [0.05, 0.1) is 41.3 Å². The minimum absolute atomic E-state index is 0.0160. The number of Topliss-reactive ketones (excluding diaryl/α,β-unsaturated/α-hetero) is 3. The second kappa shape index (κ2) is 20.9. The molecule has 0 aliphatic heterocycles. The van der Waals surface area contributed by atoms with E-state index in [0.29, 0.717) is 33.5 Å². The highest BCUT2D eigenvalue weighted by molar-refractivity contribution is 6.07. The molecule has 5 rings (SSSR count). The van der Waals surface area contributed by atoms with Gasteiger partial charge in [0.2, 0.25) is 5.91 Å². The molecule has 0 bridgehead atoms. The van der Waals surface area contributed by atoms with Gasteiger partial charge in [0.25, 0.3) is 11.8 Å². The summed E-state index contributed by atoms with van der Waals surface area (Å²) in [6.45, 7) is 5.09. The number of carbonyl (C=O) groups is 7. The van der Waals surface area contributed by atoms with Crippen LogP contribution in [-0.4, -0.2) is 63.4 Å². The van der Waals surface area contributed by atoms with Crippen LogP contribution in [0.2, 0.25) is 0 Å². The van der Waals surface area contributed by atoms with Crippen LogP contribution < -0.4 is 21.1 Å². The van der Waals surface area contributed by atoms with Crippen LogP contribution in [0.15, 0.2) is 115 Å². The van der Waals surface area contributed by atoms with Gasteiger partial charge in [-0.3, -0.25) is 28.8 Å². The molecular weight excluding hydrogens is 805 g/mol. The summed E-state index contributed by atoms with van der Waals surface area (Å²) in [5, 5.41) is 34.6. The van der Waals surface area contributed by atoms with E-state index in [-0.39, 0.29) is 59.0 Å². The average molecular weight is 849 g/mol. The van der Waals surface area contributed by atoms with Gasteiger partial charge in [-0.05, 0) is 98.1 Å². The number of benzene rings is 5. The SMILES string of the molecule is C/C(=C/c1ccc(C#N)cc1)C(=O)Nc1ccc(C(=O)N[C@@H](CC(N)=O)C(=O)Cc2ccc(C(=O)Cc3ccc(C(=O)Cc4ccc(C(=O)O)cc4)c(O)c3OC(C)C)cc2)cc1. The zero-order valence-electron chi connectivity index (χ0n) is 34.6. The molecule has 0 spiro atoms. The van der Waals surface area contributed by atoms with E-state index in [2.05, 4.69) is 10.6 Å². The maximum absolute atomic E-state index is 13.5. The zero-order chi connectivity index (χ0) is 45.8. The van der Waals surface area contributed by atoms with Crippen molar-refractivity contribution in [3.8, 4) is 17.6 Å². The third-order valence-electron chi connectivity index (χ3n) is 9.72. The molecule has 5 aromatic carbocycles. The van der Waals surface area contributed by atoms with Crippen molar-refractivity contribution < 1.29 is 48.5 Å². The fraction of sp³-hybridized carbons (Fsp3) is 0.184. The molecule has 0 unspecified atom stereocenters. The number of anilines is 1. The van der Waals surface area contributed by atoms with Crippen LogP contribution in [-0.2, 0) is 33.6 Å². The van der Waals surface area contributed by atoms with Crippen LogP contribution in [0, 0.1) is 11.3 Å². The van der Waals surface area contributed by atoms with Crippen LogP contribution in [0.1, 0.15) is 96.4 Å². The van der Waals surface area contributed by atoms with E-state index in [1.54, 1.807) is 63.2 Å². The molecule has 3 amide bonds. The minimum atomic E-state index is -1.26. The number of nitrogens with two attached hydrogens (primary N) is 1. The number of carboxylic acids is 1. The van der Waals surface area contributed by atoms with E-state index < -0.39 is 53.7 Å². The molecule has 0 heterocycles. The predicted octanol–water partition coefficient (Wildman–Crippen LogP) is 6.43. The van der Waals surface area contributed by atoms with Crippen LogP contribution in [0.5, 0.6) is 11.5 Å². The number of rotatable bonds is 19. The summed E-state index contributed by atoms with van der Waals surface area (Å²) in [5.74, 6) is -4.68. The van der Waals surface area contributed by atoms with Crippen molar-refractivity contribution in [1.82, 2.24) is 5.32 Å². The first-order valence-corrected chi connectivity index (χ1v) is 19.7. The third-order valence-corrected chi connectivity index (χ3v) is 9.72. The molecule has 14 heteroatoms. The van der Waals surface area contributed by atoms with Gasteiger partial charge in [0.1, 0.15) is 0 Å². The normalized spacial score (nSPS) is 11.5. The van der Waals surface area contributed by atoms with Gasteiger partial charge in [-0.15, -0.1) is 0 Å². The van der Waals surface area contributed by atoms with Crippen LogP contribution in [0.4, 0.5) is 5.69 Å². The number of ether oxygens (including phenoxy) is 1. The molecule has 63 heavy (non-hydrogen) atoms. The van der Waals surface area contributed by atoms with Crippen molar-refractivity contribution in [3.63, 3.8) is 0 Å². The standard InChI is InChI=1S/C49H44N4O10/c1-28(2)63-46-37(18-21-39(45(46)58)42(55)23-31-10-14-36(15-11-31)49(61)62)25-41(54)34-12-8-32(9-13-34)24-43(56)40(26-44(51)57)53-48(60)35-16-19-38(20-17-35)52-47(59)29(3)22-30-4-6-33(27-50)7-5-30/h4-22,28,40,58H,23-26H2,1-3H3,(H2,51,57)(H,52,59)(H,53,60)(H,61,62)/b29-22-/t40-/m0/s1. The summed E-state index contributed by atoms with van der Waals surface area (Å²) in [4.78, 5) is 89.1. The number of nitrogens with one attached hydrogen (secondary N) is 2. The first kappa shape index (κ1) is 45.9. The first-order valence-electron chi connectivity index (χ1n) is 19.7. The minimum Gasteiger partial charge on any atom is -0.504 e. The van der Waals surface area contributed by atoms with E-state index in [4.69, 9.17) is 20.8 Å². The van der Waals surface area contributed by atoms with Crippen LogP contribution >= 0.6 is 0 Å². The fourth-order valence-electron chi connectivity index (χ4n) is 6.39. The van der Waals surface area contributed by atoms with Gasteiger partial charge in [0, 0.05) is 47.2 Å². The second-order valence-electron chi connectivity index (χ2n) is 14.9. The van der Waals surface area contributed by atoms with Crippen LogP contribution in [0.25, 0.3) is 6.08 Å². The Kier molecular flexibility index (Phi) is 15.2. The maximum atomic E-state index is 13.5. The summed E-state index contributed by atoms with van der Waals surface area (Å²) >= 11 is 0. The lowest BCUT2D eigenvalue weighted by Crippen LogP contribution is -2.44. The van der Waals surface area contributed by atoms with E-state index in [0.717, 1.165) is 5.56 Å². The number of carbonyl (C=O) groups excluding carboxylic acids is 6. The Balaban J connectivity index is 1.20. The number of nitrogens with zero attached hydrogens (tertiary/aromatic N) is 1. The monoisotopic (exact) mass is 848 g/mol. The topological polar surface area (TPSA) is 243 Å². The zero-order valence-corrected chi connectivity index (χ0v) is 34.6. The average Bonchev–Trinajstić information content (AvgIpc) is 3.25. The fourth-order valence-corrected chi connectivity index (χ4v) is 6.39. The molecule has 1 atom stereocenters. The predicted molar refractivity (Wildman–Crippen MR) is 233 cm³/mol. The van der Waals surface area contributed by atoms with E-state index in [1.165, 1.54) is 72.8 Å². The molecule has 320 valence electrons. The summed E-state index contributed by atoms with van der Waals surface area (Å²) < 4.78 is 5.87. The largest absolute Gasteiger partial charge is 0.504 e. The van der Waals surface area contributed by atoms with Crippen molar-refractivity contribution in [2.24, 2.45) is 5.73 Å². The first-order chi connectivity index (χ1) is 30.0. The van der Waals surface area contributed by atoms with Crippen molar-refractivity contribution in [1.29, 1.82) is 5.26 Å². The lowest BCUT2D eigenvalue weighted by molar-refractivity contribution is -0.125. The highest BCUT2D eigenvalue weighted by atomic mass is 16.5. The Labute approximate surface area is 363 Å². The Hall–Kier alpha value is -8.18. The van der Waals surface area contributed by atoms with Gasteiger partial charge in [-0.25, -0.2) is 4.79 Å². The molecular formula is C49H44N4O10. The lowest BCUT2D eigenvalue weighted by Gasteiger charge is -2.18. The molecule has 0 radical (unpaired) electrons. The smallest absolute Gasteiger partial charge is 0.335 e. The summed E-state index contributed by atoms with van der Waals surface area (Å²) in [7, 11) is 0. The van der Waals surface area contributed by atoms with Crippen molar-refractivity contribution >= 4 is 52.8 Å². The summed E-state index contributed by atoms with van der Waals surface area (Å²) in [6, 6.07) is 28.4. The Bertz CT molecular complexity index is 2630. The molecule has 0 aliphatic rings. The van der Waals surface area contributed by atoms with Crippen molar-refractivity contribution in [2.45, 2.75) is 58.6 Å².